The van der Waals surface area contributed by atoms with Gasteiger partial charge in [0.1, 0.15) is 11.9 Å². The van der Waals surface area contributed by atoms with E-state index in [2.05, 4.69) is 15.9 Å². The summed E-state index contributed by atoms with van der Waals surface area (Å²) in [5, 5.41) is 9.93. The monoisotopic (exact) mass is 350 g/mol. The number of hydrogen-bond acceptors (Lipinski definition) is 1. The van der Waals surface area contributed by atoms with Gasteiger partial charge in [0.15, 0.2) is 11.6 Å². The van der Waals surface area contributed by atoms with Gasteiger partial charge in [-0.3, -0.25) is 0 Å². The van der Waals surface area contributed by atoms with E-state index in [1.807, 2.05) is 0 Å². The van der Waals surface area contributed by atoms with E-state index in [1.54, 1.807) is 0 Å². The Morgan fingerprint density at radius 3 is 2.32 bits per heavy atom. The molecule has 0 fully saturated rings. The molecule has 1 atom stereocenters. The molecule has 1 N–H and O–H groups in total. The first-order chi connectivity index (χ1) is 8.91. The molecule has 0 aliphatic rings. The Morgan fingerprint density at radius 2 is 1.68 bits per heavy atom. The van der Waals surface area contributed by atoms with Crippen molar-refractivity contribution in [3.63, 3.8) is 0 Å². The van der Waals surface area contributed by atoms with E-state index in [4.69, 9.17) is 11.6 Å². The standard InChI is InChI=1S/C13H7BrClF3O/c14-7-2-1-3-9(16)12(7)13(19)6-4-10(17)11(18)5-8(6)15/h1-5,13,19H. The number of benzene rings is 2. The molecule has 0 amide bonds. The van der Waals surface area contributed by atoms with E-state index in [0.717, 1.165) is 18.2 Å². The molecule has 2 aromatic carbocycles. The summed E-state index contributed by atoms with van der Waals surface area (Å²) in [7, 11) is 0. The van der Waals surface area contributed by atoms with Gasteiger partial charge in [-0.15, -0.1) is 0 Å². The Hall–Kier alpha value is -1.04. The molecule has 0 aromatic heterocycles. The molecule has 1 nitrogen and oxygen atoms in total. The van der Waals surface area contributed by atoms with Crippen molar-refractivity contribution in [2.24, 2.45) is 0 Å². The van der Waals surface area contributed by atoms with Crippen LogP contribution in [0.5, 0.6) is 0 Å². The largest absolute Gasteiger partial charge is 0.383 e. The van der Waals surface area contributed by atoms with Crippen molar-refractivity contribution < 1.29 is 18.3 Å². The first kappa shape index (κ1) is 14.4. The summed E-state index contributed by atoms with van der Waals surface area (Å²) < 4.78 is 40.1. The summed E-state index contributed by atoms with van der Waals surface area (Å²) in [6, 6.07) is 5.61. The van der Waals surface area contributed by atoms with Crippen LogP contribution in [0.3, 0.4) is 0 Å². The molecule has 0 saturated heterocycles. The van der Waals surface area contributed by atoms with Gasteiger partial charge in [-0.25, -0.2) is 13.2 Å². The summed E-state index contributed by atoms with van der Waals surface area (Å²) >= 11 is 8.84. The Balaban J connectivity index is 2.56. The first-order valence-corrected chi connectivity index (χ1v) is 6.35. The maximum absolute atomic E-state index is 13.7. The molecule has 0 spiro atoms. The van der Waals surface area contributed by atoms with Crippen molar-refractivity contribution >= 4 is 27.5 Å². The lowest BCUT2D eigenvalue weighted by Gasteiger charge is -2.16. The number of hydrogen-bond donors (Lipinski definition) is 1. The van der Waals surface area contributed by atoms with E-state index in [9.17, 15) is 18.3 Å². The van der Waals surface area contributed by atoms with Crippen molar-refractivity contribution in [1.82, 2.24) is 0 Å². The topological polar surface area (TPSA) is 20.2 Å². The molecular weight excluding hydrogens is 344 g/mol. The van der Waals surface area contributed by atoms with Crippen molar-refractivity contribution in [2.45, 2.75) is 6.10 Å². The molecule has 0 heterocycles. The lowest BCUT2D eigenvalue weighted by molar-refractivity contribution is 0.213. The van der Waals surface area contributed by atoms with Gasteiger partial charge in [0, 0.05) is 20.6 Å². The minimum absolute atomic E-state index is 0.0876. The molecule has 100 valence electrons. The third-order valence-corrected chi connectivity index (χ3v) is 3.63. The second kappa shape index (κ2) is 5.53. The van der Waals surface area contributed by atoms with Gasteiger partial charge < -0.3 is 5.11 Å². The van der Waals surface area contributed by atoms with E-state index in [-0.39, 0.29) is 16.1 Å². The highest BCUT2D eigenvalue weighted by Gasteiger charge is 2.22. The molecule has 0 saturated carbocycles. The quantitative estimate of drug-likeness (QED) is 0.784. The number of halogens is 5. The first-order valence-electron chi connectivity index (χ1n) is 5.18. The van der Waals surface area contributed by atoms with Gasteiger partial charge >= 0.3 is 0 Å². The van der Waals surface area contributed by atoms with Crippen LogP contribution in [0.25, 0.3) is 0 Å². The van der Waals surface area contributed by atoms with Gasteiger partial charge in [-0.1, -0.05) is 33.6 Å². The minimum Gasteiger partial charge on any atom is -0.383 e. The van der Waals surface area contributed by atoms with Crippen molar-refractivity contribution in [3.8, 4) is 0 Å². The molecule has 0 bridgehead atoms. The van der Waals surface area contributed by atoms with E-state index < -0.39 is 23.6 Å². The number of aliphatic hydroxyl groups excluding tert-OH is 1. The van der Waals surface area contributed by atoms with Gasteiger partial charge in [0.25, 0.3) is 0 Å². The van der Waals surface area contributed by atoms with Gasteiger partial charge in [0.2, 0.25) is 0 Å². The van der Waals surface area contributed by atoms with Crippen molar-refractivity contribution in [3.05, 3.63) is 68.4 Å². The molecule has 2 rings (SSSR count). The normalized spacial score (nSPS) is 12.5. The predicted octanol–water partition coefficient (Wildman–Crippen LogP) is 4.60. The zero-order valence-corrected chi connectivity index (χ0v) is 11.6. The van der Waals surface area contributed by atoms with Crippen LogP contribution in [0.2, 0.25) is 5.02 Å². The zero-order chi connectivity index (χ0) is 14.2. The smallest absolute Gasteiger partial charge is 0.160 e. The van der Waals surface area contributed by atoms with Crippen LogP contribution >= 0.6 is 27.5 Å². The second-order valence-corrected chi connectivity index (χ2v) is 5.09. The van der Waals surface area contributed by atoms with Crippen LogP contribution in [0, 0.1) is 17.5 Å². The Morgan fingerprint density at radius 1 is 1.05 bits per heavy atom. The maximum Gasteiger partial charge on any atom is 0.160 e. The maximum atomic E-state index is 13.7. The molecular formula is C13H7BrClF3O. The molecule has 2 aromatic rings. The molecule has 0 aliphatic heterocycles. The average Bonchev–Trinajstić information content (AvgIpc) is 2.33. The molecule has 1 unspecified atom stereocenters. The van der Waals surface area contributed by atoms with Crippen LogP contribution in [0.1, 0.15) is 17.2 Å². The molecule has 6 heteroatoms. The van der Waals surface area contributed by atoms with E-state index in [0.29, 0.717) is 4.47 Å². The van der Waals surface area contributed by atoms with Crippen LogP contribution in [-0.4, -0.2) is 5.11 Å². The SMILES string of the molecule is OC(c1cc(F)c(F)cc1Cl)c1c(F)cccc1Br. The Bertz CT molecular complexity index is 613. The predicted molar refractivity (Wildman–Crippen MR) is 69.5 cm³/mol. The van der Waals surface area contributed by atoms with E-state index >= 15 is 0 Å². The summed E-state index contributed by atoms with van der Waals surface area (Å²) in [4.78, 5) is 0. The zero-order valence-electron chi connectivity index (χ0n) is 9.30. The fraction of sp³-hybridized carbons (Fsp3) is 0.0769. The molecule has 19 heavy (non-hydrogen) atoms. The fourth-order valence-corrected chi connectivity index (χ4v) is 2.49. The third-order valence-electron chi connectivity index (χ3n) is 2.61. The van der Waals surface area contributed by atoms with Crippen LogP contribution in [-0.2, 0) is 0 Å². The highest BCUT2D eigenvalue weighted by molar-refractivity contribution is 9.10. The Kier molecular flexibility index (Phi) is 4.18. The van der Waals surface area contributed by atoms with Crippen molar-refractivity contribution in [1.29, 1.82) is 0 Å². The van der Waals surface area contributed by atoms with Gasteiger partial charge in [-0.2, -0.15) is 0 Å². The number of rotatable bonds is 2. The third kappa shape index (κ3) is 2.78. The van der Waals surface area contributed by atoms with Crippen LogP contribution < -0.4 is 0 Å². The molecule has 0 radical (unpaired) electrons. The van der Waals surface area contributed by atoms with E-state index in [1.165, 1.54) is 12.1 Å². The van der Waals surface area contributed by atoms with Gasteiger partial charge in [0.05, 0.1) is 0 Å². The van der Waals surface area contributed by atoms with Crippen LogP contribution in [0.4, 0.5) is 13.2 Å². The number of aliphatic hydroxyl groups is 1. The average molecular weight is 352 g/mol. The molecule has 0 aliphatic carbocycles. The lowest BCUT2D eigenvalue weighted by atomic mass is 10.0. The summed E-state index contributed by atoms with van der Waals surface area (Å²) in [5.74, 6) is -2.97. The van der Waals surface area contributed by atoms with Crippen molar-refractivity contribution in [2.75, 3.05) is 0 Å². The lowest BCUT2D eigenvalue weighted by Crippen LogP contribution is -2.05. The second-order valence-electron chi connectivity index (χ2n) is 3.83. The highest BCUT2D eigenvalue weighted by atomic mass is 79.9. The fourth-order valence-electron chi connectivity index (χ4n) is 1.67. The summed E-state index contributed by atoms with van der Waals surface area (Å²) in [6.45, 7) is 0. The highest BCUT2D eigenvalue weighted by Crippen LogP contribution is 2.34. The van der Waals surface area contributed by atoms with Crippen LogP contribution in [0.15, 0.2) is 34.8 Å². The Labute approximate surface area is 120 Å². The summed E-state index contributed by atoms with van der Waals surface area (Å²) in [6.07, 6.45) is -1.50. The minimum atomic E-state index is -1.50. The van der Waals surface area contributed by atoms with Gasteiger partial charge in [-0.05, 0) is 24.3 Å². The summed E-state index contributed by atoms with van der Waals surface area (Å²) in [5.41, 5.74) is -0.193.